The van der Waals surface area contributed by atoms with Crippen molar-refractivity contribution < 1.29 is 9.59 Å². The number of carbonyl (C=O) groups is 2. The van der Waals surface area contributed by atoms with Crippen LogP contribution >= 0.6 is 22.7 Å². The van der Waals surface area contributed by atoms with Crippen LogP contribution in [0.25, 0.3) is 0 Å². The summed E-state index contributed by atoms with van der Waals surface area (Å²) < 4.78 is 0. The fourth-order valence-electron chi connectivity index (χ4n) is 2.06. The number of carbonyl (C=O) groups excluding carboxylic acids is 2. The molecule has 0 aliphatic rings. The average Bonchev–Trinajstić information content (AvgIpc) is 3.31. The Kier molecular flexibility index (Phi) is 5.86. The Morgan fingerprint density at radius 2 is 1.88 bits per heavy atom. The van der Waals surface area contributed by atoms with Gasteiger partial charge >= 0.3 is 0 Å². The van der Waals surface area contributed by atoms with Gasteiger partial charge in [0.05, 0.1) is 6.54 Å². The molecule has 25 heavy (non-hydrogen) atoms. The molecule has 2 heterocycles. The fourth-order valence-corrected chi connectivity index (χ4v) is 3.44. The molecule has 2 aromatic heterocycles. The molecular weight excluding hydrogens is 356 g/mol. The van der Waals surface area contributed by atoms with Crippen LogP contribution in [0.5, 0.6) is 0 Å². The Morgan fingerprint density at radius 1 is 1.04 bits per heavy atom. The molecule has 2 amide bonds. The first-order valence-corrected chi connectivity index (χ1v) is 9.38. The van der Waals surface area contributed by atoms with Gasteiger partial charge in [0.2, 0.25) is 10.9 Å². The Labute approximate surface area is 152 Å². The van der Waals surface area contributed by atoms with E-state index in [1.807, 2.05) is 35.7 Å². The summed E-state index contributed by atoms with van der Waals surface area (Å²) >= 11 is 2.81. The van der Waals surface area contributed by atoms with E-state index in [1.54, 1.807) is 23.5 Å². The van der Waals surface area contributed by atoms with Crippen LogP contribution in [-0.4, -0.2) is 22.0 Å². The van der Waals surface area contributed by atoms with Crippen LogP contribution in [0.15, 0.2) is 47.8 Å². The van der Waals surface area contributed by atoms with Crippen molar-refractivity contribution in [2.24, 2.45) is 0 Å². The number of hydrogen-bond acceptors (Lipinski definition) is 6. The number of nitrogens with zero attached hydrogens (tertiary/aromatic N) is 2. The van der Waals surface area contributed by atoms with Gasteiger partial charge in [-0.2, -0.15) is 0 Å². The third-order valence-corrected chi connectivity index (χ3v) is 5.16. The van der Waals surface area contributed by atoms with Crippen molar-refractivity contribution in [3.63, 3.8) is 0 Å². The standard InChI is InChI=1S/C17H16N4O2S2/c22-14(18-11-13-7-4-10-24-13)8-9-15-20-21-17(25-15)16(23)19-12-5-2-1-3-6-12/h1-7,10H,8-9,11H2,(H,18,22)(H,19,23). The molecule has 2 N–H and O–H groups in total. The van der Waals surface area contributed by atoms with Gasteiger partial charge in [0.15, 0.2) is 0 Å². The minimum absolute atomic E-state index is 0.0427. The van der Waals surface area contributed by atoms with Gasteiger partial charge in [-0.3, -0.25) is 9.59 Å². The predicted molar refractivity (Wildman–Crippen MR) is 98.8 cm³/mol. The van der Waals surface area contributed by atoms with E-state index >= 15 is 0 Å². The van der Waals surface area contributed by atoms with Gasteiger partial charge < -0.3 is 10.6 Å². The van der Waals surface area contributed by atoms with Gasteiger partial charge in [0.25, 0.3) is 5.91 Å². The molecule has 8 heteroatoms. The molecule has 0 saturated heterocycles. The summed E-state index contributed by atoms with van der Waals surface area (Å²) in [4.78, 5) is 25.1. The minimum atomic E-state index is -0.294. The maximum atomic E-state index is 12.1. The average molecular weight is 372 g/mol. The number of para-hydroxylation sites is 1. The highest BCUT2D eigenvalue weighted by Gasteiger charge is 2.14. The number of thiophene rings is 1. The second-order valence-electron chi connectivity index (χ2n) is 5.18. The second-order valence-corrected chi connectivity index (χ2v) is 7.27. The largest absolute Gasteiger partial charge is 0.351 e. The molecule has 6 nitrogen and oxygen atoms in total. The Balaban J connectivity index is 1.46. The third-order valence-electron chi connectivity index (χ3n) is 3.30. The van der Waals surface area contributed by atoms with E-state index < -0.39 is 0 Å². The summed E-state index contributed by atoms with van der Waals surface area (Å²) in [5.74, 6) is -0.337. The lowest BCUT2D eigenvalue weighted by Gasteiger charge is -2.02. The number of rotatable bonds is 7. The molecule has 0 aliphatic carbocycles. The molecule has 0 atom stereocenters. The van der Waals surface area contributed by atoms with Crippen molar-refractivity contribution in [3.8, 4) is 0 Å². The van der Waals surface area contributed by atoms with Crippen LogP contribution < -0.4 is 10.6 Å². The molecule has 3 aromatic rings. The number of nitrogens with one attached hydrogen (secondary N) is 2. The molecule has 0 bridgehead atoms. The third kappa shape index (κ3) is 5.20. The zero-order valence-electron chi connectivity index (χ0n) is 13.3. The van der Waals surface area contributed by atoms with Crippen molar-refractivity contribution in [2.45, 2.75) is 19.4 Å². The van der Waals surface area contributed by atoms with E-state index in [0.717, 1.165) is 4.88 Å². The van der Waals surface area contributed by atoms with Crippen LogP contribution in [0.2, 0.25) is 0 Å². The maximum absolute atomic E-state index is 12.1. The van der Waals surface area contributed by atoms with E-state index in [1.165, 1.54) is 11.3 Å². The van der Waals surface area contributed by atoms with Gasteiger partial charge in [0, 0.05) is 23.4 Å². The Bertz CT molecular complexity index is 831. The van der Waals surface area contributed by atoms with E-state index in [0.29, 0.717) is 30.1 Å². The first kappa shape index (κ1) is 17.2. The zero-order chi connectivity index (χ0) is 17.5. The Hall–Kier alpha value is -2.58. The number of hydrogen-bond donors (Lipinski definition) is 2. The van der Waals surface area contributed by atoms with Crippen molar-refractivity contribution in [2.75, 3.05) is 5.32 Å². The Morgan fingerprint density at radius 3 is 2.64 bits per heavy atom. The summed E-state index contributed by atoms with van der Waals surface area (Å²) in [7, 11) is 0. The summed E-state index contributed by atoms with van der Waals surface area (Å²) in [5.41, 5.74) is 0.706. The summed E-state index contributed by atoms with van der Waals surface area (Å²) in [5, 5.41) is 16.5. The minimum Gasteiger partial charge on any atom is -0.351 e. The quantitative estimate of drug-likeness (QED) is 0.667. The van der Waals surface area contributed by atoms with Gasteiger partial charge in [-0.25, -0.2) is 0 Å². The lowest BCUT2D eigenvalue weighted by Crippen LogP contribution is -2.22. The number of anilines is 1. The summed E-state index contributed by atoms with van der Waals surface area (Å²) in [6, 6.07) is 13.1. The van der Waals surface area contributed by atoms with E-state index in [9.17, 15) is 9.59 Å². The van der Waals surface area contributed by atoms with Gasteiger partial charge in [-0.05, 0) is 23.6 Å². The van der Waals surface area contributed by atoms with Crippen molar-refractivity contribution in [3.05, 3.63) is 62.7 Å². The summed E-state index contributed by atoms with van der Waals surface area (Å²) in [6.45, 7) is 0.539. The van der Waals surface area contributed by atoms with Crippen LogP contribution in [-0.2, 0) is 17.8 Å². The van der Waals surface area contributed by atoms with Crippen molar-refractivity contribution in [1.29, 1.82) is 0 Å². The molecule has 0 spiro atoms. The number of benzene rings is 1. The first-order valence-electron chi connectivity index (χ1n) is 7.68. The van der Waals surface area contributed by atoms with Crippen molar-refractivity contribution in [1.82, 2.24) is 15.5 Å². The maximum Gasteiger partial charge on any atom is 0.286 e. The highest BCUT2D eigenvalue weighted by atomic mass is 32.1. The van der Waals surface area contributed by atoms with Crippen LogP contribution in [0.3, 0.4) is 0 Å². The fraction of sp³-hybridized carbons (Fsp3) is 0.176. The second kappa shape index (κ2) is 8.50. The summed E-state index contributed by atoms with van der Waals surface area (Å²) in [6.07, 6.45) is 0.785. The zero-order valence-corrected chi connectivity index (χ0v) is 14.9. The number of aromatic nitrogens is 2. The van der Waals surface area contributed by atoms with Crippen molar-refractivity contribution >= 4 is 40.2 Å². The van der Waals surface area contributed by atoms with Gasteiger partial charge in [-0.15, -0.1) is 21.5 Å². The lowest BCUT2D eigenvalue weighted by atomic mass is 10.3. The molecule has 3 rings (SSSR count). The monoisotopic (exact) mass is 372 g/mol. The molecule has 0 unspecified atom stereocenters. The molecule has 0 aliphatic heterocycles. The lowest BCUT2D eigenvalue weighted by molar-refractivity contribution is -0.121. The van der Waals surface area contributed by atoms with E-state index in [4.69, 9.17) is 0 Å². The molecule has 0 fully saturated rings. The normalized spacial score (nSPS) is 10.4. The van der Waals surface area contributed by atoms with E-state index in [-0.39, 0.29) is 16.8 Å². The van der Waals surface area contributed by atoms with Gasteiger partial charge in [0.1, 0.15) is 5.01 Å². The SMILES string of the molecule is O=C(CCc1nnc(C(=O)Nc2ccccc2)s1)NCc1cccs1. The molecule has 0 saturated carbocycles. The molecule has 128 valence electrons. The van der Waals surface area contributed by atoms with Crippen LogP contribution in [0.1, 0.15) is 26.1 Å². The predicted octanol–water partition coefficient (Wildman–Crippen LogP) is 3.10. The smallest absolute Gasteiger partial charge is 0.286 e. The molecule has 1 aromatic carbocycles. The molecular formula is C17H16N4O2S2. The first-order chi connectivity index (χ1) is 12.2. The van der Waals surface area contributed by atoms with Crippen LogP contribution in [0.4, 0.5) is 5.69 Å². The topological polar surface area (TPSA) is 84.0 Å². The number of aryl methyl sites for hydroxylation is 1. The van der Waals surface area contributed by atoms with Gasteiger partial charge in [-0.1, -0.05) is 35.6 Å². The highest BCUT2D eigenvalue weighted by molar-refractivity contribution is 7.13. The highest BCUT2D eigenvalue weighted by Crippen LogP contribution is 2.14. The number of amides is 2. The van der Waals surface area contributed by atoms with E-state index in [2.05, 4.69) is 20.8 Å². The van der Waals surface area contributed by atoms with Crippen LogP contribution in [0, 0.1) is 0 Å². The molecule has 0 radical (unpaired) electrons.